The van der Waals surface area contributed by atoms with Gasteiger partial charge in [0.15, 0.2) is 0 Å². The Morgan fingerprint density at radius 2 is 2.08 bits per heavy atom. The van der Waals surface area contributed by atoms with Gasteiger partial charge in [0, 0.05) is 0 Å². The molecule has 0 fully saturated rings. The van der Waals surface area contributed by atoms with Gasteiger partial charge in [-0.1, -0.05) is 49.6 Å². The first-order valence-corrected chi connectivity index (χ1v) is 4.89. The molecule has 1 aliphatic rings. The van der Waals surface area contributed by atoms with Crippen LogP contribution in [-0.2, 0) is 0 Å². The third kappa shape index (κ3) is 3.08. The quantitative estimate of drug-likeness (QED) is 0.548. The van der Waals surface area contributed by atoms with Crippen LogP contribution in [0.4, 0.5) is 0 Å². The molecule has 0 N–H and O–H groups in total. The average molecular weight is 162 g/mol. The Labute approximate surface area is 75.7 Å². The zero-order chi connectivity index (χ0) is 8.81. The van der Waals surface area contributed by atoms with Gasteiger partial charge in [-0.3, -0.25) is 0 Å². The van der Waals surface area contributed by atoms with Crippen molar-refractivity contribution in [3.8, 4) is 0 Å². The minimum absolute atomic E-state index is 1.23. The molecule has 0 nitrogen and oxygen atoms in total. The van der Waals surface area contributed by atoms with Crippen molar-refractivity contribution in [2.75, 3.05) is 0 Å². The Morgan fingerprint density at radius 1 is 1.25 bits per heavy atom. The van der Waals surface area contributed by atoms with Gasteiger partial charge < -0.3 is 0 Å². The first-order chi connectivity index (χ1) is 5.83. The summed E-state index contributed by atoms with van der Waals surface area (Å²) >= 11 is 0. The highest BCUT2D eigenvalue weighted by molar-refractivity contribution is 5.44. The Morgan fingerprint density at radius 3 is 2.67 bits per heavy atom. The molecule has 0 saturated carbocycles. The van der Waals surface area contributed by atoms with Crippen molar-refractivity contribution in [1.29, 1.82) is 0 Å². The lowest BCUT2D eigenvalue weighted by atomic mass is 10.1. The van der Waals surface area contributed by atoms with Crippen LogP contribution in [-0.4, -0.2) is 0 Å². The fourth-order valence-corrected chi connectivity index (χ4v) is 1.38. The predicted octanol–water partition coefficient (Wildman–Crippen LogP) is 4.01. The highest BCUT2D eigenvalue weighted by Crippen LogP contribution is 2.15. The zero-order valence-corrected chi connectivity index (χ0v) is 8.14. The van der Waals surface area contributed by atoms with Crippen LogP contribution in [0.15, 0.2) is 35.5 Å². The molecule has 66 valence electrons. The van der Waals surface area contributed by atoms with Crippen molar-refractivity contribution in [2.24, 2.45) is 0 Å². The highest BCUT2D eigenvalue weighted by Gasteiger charge is 1.95. The van der Waals surface area contributed by atoms with Crippen molar-refractivity contribution in [1.82, 2.24) is 0 Å². The molecule has 0 unspecified atom stereocenters. The molecular formula is C12H18. The molecule has 0 aliphatic heterocycles. The minimum atomic E-state index is 1.23. The molecule has 0 aromatic rings. The summed E-state index contributed by atoms with van der Waals surface area (Å²) in [5.74, 6) is 0. The van der Waals surface area contributed by atoms with Crippen molar-refractivity contribution >= 4 is 0 Å². The van der Waals surface area contributed by atoms with Crippen LogP contribution in [0.25, 0.3) is 0 Å². The molecule has 0 spiro atoms. The molecule has 12 heavy (non-hydrogen) atoms. The third-order valence-corrected chi connectivity index (χ3v) is 2.12. The number of hydrogen-bond donors (Lipinski definition) is 0. The summed E-state index contributed by atoms with van der Waals surface area (Å²) in [6, 6.07) is 0. The summed E-state index contributed by atoms with van der Waals surface area (Å²) in [5, 5.41) is 0. The van der Waals surface area contributed by atoms with Crippen LogP contribution in [0.5, 0.6) is 0 Å². The van der Waals surface area contributed by atoms with Crippen molar-refractivity contribution in [2.45, 2.75) is 39.5 Å². The topological polar surface area (TPSA) is 0 Å². The summed E-state index contributed by atoms with van der Waals surface area (Å²) in [6.07, 6.45) is 14.2. The minimum Gasteiger partial charge on any atom is -0.0773 e. The summed E-state index contributed by atoms with van der Waals surface area (Å²) in [5.41, 5.74) is 2.76. The van der Waals surface area contributed by atoms with Crippen LogP contribution >= 0.6 is 0 Å². The largest absolute Gasteiger partial charge is 0.0773 e. The van der Waals surface area contributed by atoms with E-state index >= 15 is 0 Å². The van der Waals surface area contributed by atoms with Gasteiger partial charge in [0.25, 0.3) is 0 Å². The molecule has 0 heteroatoms. The number of hydrogen-bond acceptors (Lipinski definition) is 0. The molecule has 0 aromatic carbocycles. The second-order valence-corrected chi connectivity index (χ2v) is 3.42. The summed E-state index contributed by atoms with van der Waals surface area (Å²) < 4.78 is 0. The van der Waals surface area contributed by atoms with Gasteiger partial charge in [-0.25, -0.2) is 0 Å². The molecule has 0 saturated heterocycles. The molecule has 0 amide bonds. The molecule has 0 radical (unpaired) electrons. The first-order valence-electron chi connectivity index (χ1n) is 4.89. The van der Waals surface area contributed by atoms with E-state index in [1.165, 1.54) is 36.8 Å². The van der Waals surface area contributed by atoms with E-state index in [0.717, 1.165) is 0 Å². The van der Waals surface area contributed by atoms with Crippen LogP contribution in [0.2, 0.25) is 0 Å². The van der Waals surface area contributed by atoms with Crippen molar-refractivity contribution < 1.29 is 0 Å². The predicted molar refractivity (Wildman–Crippen MR) is 55.1 cm³/mol. The third-order valence-electron chi connectivity index (χ3n) is 2.12. The highest BCUT2D eigenvalue weighted by atomic mass is 14.0. The summed E-state index contributed by atoms with van der Waals surface area (Å²) in [7, 11) is 0. The van der Waals surface area contributed by atoms with Gasteiger partial charge >= 0.3 is 0 Å². The Bertz CT molecular complexity index is 216. The monoisotopic (exact) mass is 162 g/mol. The Balaban J connectivity index is 2.25. The summed E-state index contributed by atoms with van der Waals surface area (Å²) in [4.78, 5) is 0. The number of rotatable bonds is 4. The first kappa shape index (κ1) is 9.31. The van der Waals surface area contributed by atoms with Gasteiger partial charge in [0.05, 0.1) is 0 Å². The second kappa shape index (κ2) is 4.97. The van der Waals surface area contributed by atoms with Crippen LogP contribution in [0.3, 0.4) is 0 Å². The normalized spacial score (nSPS) is 18.8. The average Bonchev–Trinajstić information content (AvgIpc) is 2.45. The van der Waals surface area contributed by atoms with Crippen molar-refractivity contribution in [3.05, 3.63) is 35.5 Å². The van der Waals surface area contributed by atoms with Crippen LogP contribution in [0.1, 0.15) is 39.5 Å². The van der Waals surface area contributed by atoms with Gasteiger partial charge in [0.1, 0.15) is 0 Å². The molecule has 1 rings (SSSR count). The fraction of sp³-hybridized carbons (Fsp3) is 0.500. The summed E-state index contributed by atoms with van der Waals surface area (Å²) in [6.45, 7) is 4.38. The molecular weight excluding hydrogens is 144 g/mol. The lowest BCUT2D eigenvalue weighted by Gasteiger charge is -1.93. The maximum Gasteiger partial charge on any atom is -0.0294 e. The van der Waals surface area contributed by atoms with Gasteiger partial charge in [-0.15, -0.1) is 0 Å². The van der Waals surface area contributed by atoms with E-state index in [1.54, 1.807) is 0 Å². The van der Waals surface area contributed by atoms with E-state index in [2.05, 4.69) is 38.2 Å². The standard InChI is InChI=1S/C12H18/c1-3-4-5-6-7-12-9-8-11(2)10-12/h7-10H,3-6H2,1-2H3. The second-order valence-electron chi connectivity index (χ2n) is 3.42. The molecule has 0 heterocycles. The number of unbranched alkanes of at least 4 members (excludes halogenated alkanes) is 3. The van der Waals surface area contributed by atoms with Crippen LogP contribution in [0, 0.1) is 0 Å². The van der Waals surface area contributed by atoms with Gasteiger partial charge in [-0.2, -0.15) is 0 Å². The van der Waals surface area contributed by atoms with Crippen LogP contribution < -0.4 is 0 Å². The van der Waals surface area contributed by atoms with E-state index < -0.39 is 0 Å². The molecule has 0 aromatic heterocycles. The zero-order valence-electron chi connectivity index (χ0n) is 8.14. The lowest BCUT2D eigenvalue weighted by molar-refractivity contribution is 0.728. The van der Waals surface area contributed by atoms with Gasteiger partial charge in [-0.05, 0) is 25.3 Å². The molecule has 0 atom stereocenters. The maximum absolute atomic E-state index is 2.34. The fourth-order valence-electron chi connectivity index (χ4n) is 1.38. The van der Waals surface area contributed by atoms with E-state index in [-0.39, 0.29) is 0 Å². The molecule has 1 aliphatic carbocycles. The van der Waals surface area contributed by atoms with E-state index in [4.69, 9.17) is 0 Å². The van der Waals surface area contributed by atoms with Gasteiger partial charge in [0.2, 0.25) is 0 Å². The Kier molecular flexibility index (Phi) is 3.86. The smallest absolute Gasteiger partial charge is 0.0294 e. The van der Waals surface area contributed by atoms with E-state index in [9.17, 15) is 0 Å². The SMILES string of the molecule is CCCCCC=C1C=CC(C)=C1. The van der Waals surface area contributed by atoms with E-state index in [0.29, 0.717) is 0 Å². The van der Waals surface area contributed by atoms with E-state index in [1.807, 2.05) is 0 Å². The number of allylic oxidation sites excluding steroid dienone is 6. The molecule has 0 bridgehead atoms. The Hall–Kier alpha value is -0.780. The lowest BCUT2D eigenvalue weighted by Crippen LogP contribution is -1.73. The van der Waals surface area contributed by atoms with Crippen molar-refractivity contribution in [3.63, 3.8) is 0 Å². The maximum atomic E-state index is 2.34.